The molecule has 29 heavy (non-hydrogen) atoms. The third kappa shape index (κ3) is 4.40. The second-order valence-corrected chi connectivity index (χ2v) is 8.01. The molecule has 4 aromatic carbocycles. The zero-order valence-electron chi connectivity index (χ0n) is 15.9. The molecule has 0 heterocycles. The van der Waals surface area contributed by atoms with Gasteiger partial charge in [-0.15, -0.1) is 0 Å². The highest BCUT2D eigenvalue weighted by Crippen LogP contribution is 2.27. The van der Waals surface area contributed by atoms with E-state index in [2.05, 4.69) is 68.8 Å². The average Bonchev–Trinajstić information content (AvgIpc) is 2.74. The molecule has 0 fully saturated rings. The van der Waals surface area contributed by atoms with Gasteiger partial charge in [-0.05, 0) is 80.9 Å². The molecule has 0 aliphatic heterocycles. The summed E-state index contributed by atoms with van der Waals surface area (Å²) in [5, 5.41) is 11.9. The lowest BCUT2D eigenvalue weighted by Crippen LogP contribution is -2.25. The van der Waals surface area contributed by atoms with Crippen LogP contribution in [0.4, 0.5) is 5.69 Å². The maximum atomic E-state index is 12.2. The summed E-state index contributed by atoms with van der Waals surface area (Å²) in [4.78, 5) is 12.2. The Hall–Kier alpha value is -2.93. The Morgan fingerprint density at radius 3 is 2.28 bits per heavy atom. The van der Waals surface area contributed by atoms with E-state index >= 15 is 0 Å². The lowest BCUT2D eigenvalue weighted by Gasteiger charge is -2.08. The third-order valence-electron chi connectivity index (χ3n) is 4.81. The molecule has 0 unspecified atom stereocenters. The second kappa shape index (κ2) is 8.61. The summed E-state index contributed by atoms with van der Waals surface area (Å²) >= 11 is 2.29. The molecule has 5 heteroatoms. The number of hydrazone groups is 1. The fourth-order valence-electron chi connectivity index (χ4n) is 3.33. The number of fused-ring (bicyclic) bond motifs is 2. The maximum Gasteiger partial charge on any atom is 0.259 e. The first-order valence-corrected chi connectivity index (χ1v) is 10.4. The number of carbonyl (C=O) groups excluding carboxylic acids is 1. The molecule has 0 saturated heterocycles. The maximum absolute atomic E-state index is 12.2. The molecule has 0 saturated carbocycles. The van der Waals surface area contributed by atoms with Crippen molar-refractivity contribution in [1.82, 2.24) is 5.43 Å². The fraction of sp³-hybridized carbons (Fsp3) is 0.0833. The summed E-state index contributed by atoms with van der Waals surface area (Å²) in [6.45, 7) is 2.21. The van der Waals surface area contributed by atoms with Crippen molar-refractivity contribution in [3.63, 3.8) is 0 Å². The summed E-state index contributed by atoms with van der Waals surface area (Å²) in [6, 6.07) is 24.6. The Bertz CT molecular complexity index is 1180. The lowest BCUT2D eigenvalue weighted by molar-refractivity contribution is -0.119. The van der Waals surface area contributed by atoms with Crippen molar-refractivity contribution in [2.24, 2.45) is 5.10 Å². The second-order valence-electron chi connectivity index (χ2n) is 6.84. The van der Waals surface area contributed by atoms with Gasteiger partial charge in [-0.3, -0.25) is 4.79 Å². The number of halogens is 1. The van der Waals surface area contributed by atoms with Crippen molar-refractivity contribution >= 4 is 61.9 Å². The minimum atomic E-state index is -0.193. The Balaban J connectivity index is 1.50. The van der Waals surface area contributed by atoms with Gasteiger partial charge in [-0.1, -0.05) is 48.5 Å². The average molecular weight is 493 g/mol. The van der Waals surface area contributed by atoms with E-state index in [-0.39, 0.29) is 12.5 Å². The molecule has 144 valence electrons. The zero-order chi connectivity index (χ0) is 20.2. The standard InChI is InChI=1S/C24H20IN3O/c1-16-12-19(10-11-23(16)25)26-15-24(29)28-27-14-22-20-8-4-2-6-17(20)13-18-7-3-5-9-21(18)22/h2-14,26H,15H2,1H3,(H,28,29). The highest BCUT2D eigenvalue weighted by Gasteiger charge is 2.06. The number of benzene rings is 4. The number of carbonyl (C=O) groups is 1. The van der Waals surface area contributed by atoms with Gasteiger partial charge in [0.2, 0.25) is 0 Å². The zero-order valence-corrected chi connectivity index (χ0v) is 18.1. The van der Waals surface area contributed by atoms with Gasteiger partial charge < -0.3 is 5.32 Å². The van der Waals surface area contributed by atoms with E-state index in [1.54, 1.807) is 6.21 Å². The van der Waals surface area contributed by atoms with Crippen LogP contribution in [-0.4, -0.2) is 18.7 Å². The van der Waals surface area contributed by atoms with E-state index in [1.807, 2.05) is 49.4 Å². The van der Waals surface area contributed by atoms with Gasteiger partial charge in [0.05, 0.1) is 12.8 Å². The number of aryl methyl sites for hydroxylation is 1. The molecule has 0 aliphatic carbocycles. The highest BCUT2D eigenvalue weighted by atomic mass is 127. The molecule has 0 bridgehead atoms. The summed E-state index contributed by atoms with van der Waals surface area (Å²) in [6.07, 6.45) is 1.73. The van der Waals surface area contributed by atoms with E-state index in [9.17, 15) is 4.79 Å². The molecule has 0 atom stereocenters. The topological polar surface area (TPSA) is 53.5 Å². The fourth-order valence-corrected chi connectivity index (χ4v) is 3.67. The minimum Gasteiger partial charge on any atom is -0.376 e. The van der Waals surface area contributed by atoms with Crippen LogP contribution in [-0.2, 0) is 4.79 Å². The van der Waals surface area contributed by atoms with Crippen LogP contribution < -0.4 is 10.7 Å². The van der Waals surface area contributed by atoms with Crippen LogP contribution in [0.5, 0.6) is 0 Å². The number of hydrogen-bond acceptors (Lipinski definition) is 3. The van der Waals surface area contributed by atoms with Crippen LogP contribution in [0.15, 0.2) is 77.9 Å². The Morgan fingerprint density at radius 1 is 0.966 bits per heavy atom. The molecule has 0 aliphatic rings. The van der Waals surface area contributed by atoms with Crippen LogP contribution in [0.1, 0.15) is 11.1 Å². The minimum absolute atomic E-state index is 0.160. The summed E-state index contributed by atoms with van der Waals surface area (Å²) in [7, 11) is 0. The number of hydrogen-bond donors (Lipinski definition) is 2. The van der Waals surface area contributed by atoms with E-state index in [0.29, 0.717) is 0 Å². The van der Waals surface area contributed by atoms with Crippen molar-refractivity contribution in [2.45, 2.75) is 6.92 Å². The van der Waals surface area contributed by atoms with Gasteiger partial charge in [0.15, 0.2) is 0 Å². The molecule has 4 rings (SSSR count). The van der Waals surface area contributed by atoms with Gasteiger partial charge in [0.1, 0.15) is 0 Å². The van der Waals surface area contributed by atoms with Crippen molar-refractivity contribution < 1.29 is 4.79 Å². The Labute approximate surface area is 183 Å². The third-order valence-corrected chi connectivity index (χ3v) is 6.02. The predicted octanol–water partition coefficient (Wildman–Crippen LogP) is 5.47. The number of nitrogens with zero attached hydrogens (tertiary/aromatic N) is 1. The van der Waals surface area contributed by atoms with E-state index < -0.39 is 0 Å². The smallest absolute Gasteiger partial charge is 0.259 e. The number of nitrogens with one attached hydrogen (secondary N) is 2. The molecule has 4 nitrogen and oxygen atoms in total. The first kappa shape index (κ1) is 19.4. The predicted molar refractivity (Wildman–Crippen MR) is 130 cm³/mol. The number of anilines is 1. The van der Waals surface area contributed by atoms with Gasteiger partial charge >= 0.3 is 0 Å². The quantitative estimate of drug-likeness (QED) is 0.168. The molecule has 2 N–H and O–H groups in total. The number of amides is 1. The Morgan fingerprint density at radius 2 is 1.62 bits per heavy atom. The van der Waals surface area contributed by atoms with E-state index in [4.69, 9.17) is 0 Å². The SMILES string of the molecule is Cc1cc(NCC(=O)NN=Cc2c3ccccc3cc3ccccc23)ccc1I. The summed E-state index contributed by atoms with van der Waals surface area (Å²) in [5.74, 6) is -0.193. The van der Waals surface area contributed by atoms with Gasteiger partial charge in [0, 0.05) is 14.8 Å². The lowest BCUT2D eigenvalue weighted by atomic mass is 9.97. The number of rotatable bonds is 5. The Kier molecular flexibility index (Phi) is 5.76. The van der Waals surface area contributed by atoms with E-state index in [1.165, 1.54) is 9.13 Å². The van der Waals surface area contributed by atoms with Gasteiger partial charge in [-0.25, -0.2) is 5.43 Å². The van der Waals surface area contributed by atoms with Crippen LogP contribution in [0.2, 0.25) is 0 Å². The van der Waals surface area contributed by atoms with Crippen LogP contribution in [0, 0.1) is 10.5 Å². The molecular formula is C24H20IN3O. The van der Waals surface area contributed by atoms with Crippen molar-refractivity contribution in [3.05, 3.63) is 87.5 Å². The first-order chi connectivity index (χ1) is 14.1. The van der Waals surface area contributed by atoms with Crippen molar-refractivity contribution in [3.8, 4) is 0 Å². The molecule has 0 aromatic heterocycles. The monoisotopic (exact) mass is 493 g/mol. The highest BCUT2D eigenvalue weighted by molar-refractivity contribution is 14.1. The van der Waals surface area contributed by atoms with E-state index in [0.717, 1.165) is 32.8 Å². The molecular weight excluding hydrogens is 473 g/mol. The largest absolute Gasteiger partial charge is 0.376 e. The van der Waals surface area contributed by atoms with Crippen molar-refractivity contribution in [1.29, 1.82) is 0 Å². The normalized spacial score (nSPS) is 11.2. The summed E-state index contributed by atoms with van der Waals surface area (Å²) in [5.41, 5.74) is 5.72. The van der Waals surface area contributed by atoms with Gasteiger partial charge in [-0.2, -0.15) is 5.10 Å². The van der Waals surface area contributed by atoms with Crippen LogP contribution in [0.25, 0.3) is 21.5 Å². The van der Waals surface area contributed by atoms with Crippen LogP contribution >= 0.6 is 22.6 Å². The molecule has 0 radical (unpaired) electrons. The van der Waals surface area contributed by atoms with Gasteiger partial charge in [0.25, 0.3) is 5.91 Å². The molecule has 4 aromatic rings. The summed E-state index contributed by atoms with van der Waals surface area (Å²) < 4.78 is 1.20. The van der Waals surface area contributed by atoms with Crippen LogP contribution in [0.3, 0.4) is 0 Å². The first-order valence-electron chi connectivity index (χ1n) is 9.34. The van der Waals surface area contributed by atoms with Crippen molar-refractivity contribution in [2.75, 3.05) is 11.9 Å². The molecule has 0 spiro atoms. The molecule has 1 amide bonds.